The highest BCUT2D eigenvalue weighted by molar-refractivity contribution is 7.92. The van der Waals surface area contributed by atoms with Gasteiger partial charge in [-0.05, 0) is 18.6 Å². The van der Waals surface area contributed by atoms with E-state index in [0.29, 0.717) is 30.1 Å². The maximum absolute atomic E-state index is 12.3. The number of hydrogen-bond acceptors (Lipinski definition) is 5. The third-order valence-electron chi connectivity index (χ3n) is 3.75. The first-order chi connectivity index (χ1) is 11.4. The Morgan fingerprint density at radius 2 is 2.12 bits per heavy atom. The second-order valence-electron chi connectivity index (χ2n) is 5.52. The topological polar surface area (TPSA) is 93.5 Å². The highest BCUT2D eigenvalue weighted by Gasteiger charge is 2.25. The van der Waals surface area contributed by atoms with E-state index in [4.69, 9.17) is 4.74 Å². The van der Waals surface area contributed by atoms with E-state index in [1.807, 2.05) is 0 Å². The second-order valence-corrected chi connectivity index (χ2v) is 7.15. The van der Waals surface area contributed by atoms with Crippen LogP contribution in [0.4, 0.5) is 11.4 Å². The van der Waals surface area contributed by atoms with Crippen LogP contribution >= 0.6 is 0 Å². The number of nitrogens with one attached hydrogen (secondary N) is 1. The molecule has 2 heterocycles. The summed E-state index contributed by atoms with van der Waals surface area (Å²) in [5.74, 6) is 0.474. The predicted molar refractivity (Wildman–Crippen MR) is 88.6 cm³/mol. The van der Waals surface area contributed by atoms with Crippen molar-refractivity contribution in [3.8, 4) is 5.75 Å². The molecule has 0 bridgehead atoms. The zero-order valence-corrected chi connectivity index (χ0v) is 14.2. The van der Waals surface area contributed by atoms with E-state index in [1.165, 1.54) is 19.6 Å². The minimum Gasteiger partial charge on any atom is -0.494 e. The number of sulfonamides is 1. The van der Waals surface area contributed by atoms with Gasteiger partial charge in [-0.2, -0.15) is 8.42 Å². The Bertz CT molecular complexity index is 875. The molecule has 1 N–H and O–H groups in total. The van der Waals surface area contributed by atoms with Gasteiger partial charge in [0, 0.05) is 32.3 Å². The largest absolute Gasteiger partial charge is 0.494 e. The molecule has 1 fully saturated rings. The normalized spacial score (nSPS) is 14.9. The summed E-state index contributed by atoms with van der Waals surface area (Å²) >= 11 is 0. The number of aromatic nitrogens is 2. The van der Waals surface area contributed by atoms with Crippen LogP contribution in [0.5, 0.6) is 5.75 Å². The third kappa shape index (κ3) is 3.07. The van der Waals surface area contributed by atoms with Gasteiger partial charge in [0.05, 0.1) is 24.8 Å². The molecule has 0 radical (unpaired) electrons. The van der Waals surface area contributed by atoms with Crippen LogP contribution in [0, 0.1) is 0 Å². The van der Waals surface area contributed by atoms with E-state index in [0.717, 1.165) is 6.42 Å². The highest BCUT2D eigenvalue weighted by Crippen LogP contribution is 2.34. The number of anilines is 2. The third-order valence-corrected chi connectivity index (χ3v) is 5.02. The number of hydrogen-bond donors (Lipinski definition) is 1. The molecule has 0 atom stereocenters. The molecule has 0 aliphatic carbocycles. The van der Waals surface area contributed by atoms with Crippen LogP contribution in [0.1, 0.15) is 12.8 Å². The molecule has 1 aliphatic rings. The molecule has 8 nitrogen and oxygen atoms in total. The van der Waals surface area contributed by atoms with Crippen molar-refractivity contribution in [2.75, 3.05) is 23.3 Å². The summed E-state index contributed by atoms with van der Waals surface area (Å²) in [6.45, 7) is 0.633. The number of nitrogens with zero attached hydrogens (tertiary/aromatic N) is 3. The van der Waals surface area contributed by atoms with Gasteiger partial charge in [0.25, 0.3) is 10.0 Å². The van der Waals surface area contributed by atoms with E-state index in [2.05, 4.69) is 9.71 Å². The van der Waals surface area contributed by atoms with Crippen LogP contribution in [0.25, 0.3) is 0 Å². The lowest BCUT2D eigenvalue weighted by molar-refractivity contribution is -0.117. The van der Waals surface area contributed by atoms with Gasteiger partial charge in [0.15, 0.2) is 5.03 Å². The Kier molecular flexibility index (Phi) is 4.18. The first kappa shape index (κ1) is 16.3. The summed E-state index contributed by atoms with van der Waals surface area (Å²) in [6.07, 6.45) is 4.14. The average Bonchev–Trinajstić information content (AvgIpc) is 3.16. The predicted octanol–water partition coefficient (Wildman–Crippen LogP) is 1.36. The average molecular weight is 350 g/mol. The summed E-state index contributed by atoms with van der Waals surface area (Å²) < 4.78 is 34.0. The quantitative estimate of drug-likeness (QED) is 0.879. The number of aryl methyl sites for hydroxylation is 1. The molecule has 128 valence electrons. The van der Waals surface area contributed by atoms with Crippen molar-refractivity contribution in [2.24, 2.45) is 7.05 Å². The van der Waals surface area contributed by atoms with E-state index < -0.39 is 10.0 Å². The Morgan fingerprint density at radius 3 is 2.71 bits per heavy atom. The Morgan fingerprint density at radius 1 is 1.33 bits per heavy atom. The summed E-state index contributed by atoms with van der Waals surface area (Å²) in [4.78, 5) is 17.4. The van der Waals surface area contributed by atoms with Crippen LogP contribution in [0.3, 0.4) is 0 Å². The Balaban J connectivity index is 1.88. The van der Waals surface area contributed by atoms with Gasteiger partial charge in [-0.25, -0.2) is 4.98 Å². The lowest BCUT2D eigenvalue weighted by atomic mass is 10.2. The minimum absolute atomic E-state index is 0.0371. The monoisotopic (exact) mass is 350 g/mol. The molecule has 0 unspecified atom stereocenters. The van der Waals surface area contributed by atoms with Gasteiger partial charge in [0.1, 0.15) is 5.75 Å². The number of benzene rings is 1. The summed E-state index contributed by atoms with van der Waals surface area (Å²) in [6, 6.07) is 4.84. The number of ether oxygens (including phenoxy) is 1. The molecule has 1 aliphatic heterocycles. The highest BCUT2D eigenvalue weighted by atomic mass is 32.2. The van der Waals surface area contributed by atoms with Crippen molar-refractivity contribution < 1.29 is 17.9 Å². The Hall–Kier alpha value is -2.55. The molecule has 2 aromatic rings. The minimum atomic E-state index is -3.78. The summed E-state index contributed by atoms with van der Waals surface area (Å²) in [7, 11) is -0.604. The SMILES string of the molecule is COc1cc(NS(=O)(=O)c2cn(C)cn2)ccc1N1CCCC1=O. The molecule has 0 spiro atoms. The summed E-state index contributed by atoms with van der Waals surface area (Å²) in [5, 5.41) is -0.0669. The lowest BCUT2D eigenvalue weighted by Crippen LogP contribution is -2.24. The molecular weight excluding hydrogens is 332 g/mol. The van der Waals surface area contributed by atoms with Crippen molar-refractivity contribution in [2.45, 2.75) is 17.9 Å². The first-order valence-electron chi connectivity index (χ1n) is 7.40. The smallest absolute Gasteiger partial charge is 0.280 e. The van der Waals surface area contributed by atoms with E-state index in [-0.39, 0.29) is 10.9 Å². The number of carbonyl (C=O) groups is 1. The van der Waals surface area contributed by atoms with Crippen LogP contribution in [0.2, 0.25) is 0 Å². The summed E-state index contributed by atoms with van der Waals surface area (Å²) in [5.41, 5.74) is 0.980. The van der Waals surface area contributed by atoms with Gasteiger partial charge in [-0.1, -0.05) is 0 Å². The lowest BCUT2D eigenvalue weighted by Gasteiger charge is -2.19. The first-order valence-corrected chi connectivity index (χ1v) is 8.88. The van der Waals surface area contributed by atoms with Gasteiger partial charge in [0.2, 0.25) is 5.91 Å². The van der Waals surface area contributed by atoms with E-state index in [1.54, 1.807) is 34.7 Å². The fourth-order valence-corrected chi connectivity index (χ4v) is 3.63. The van der Waals surface area contributed by atoms with Crippen molar-refractivity contribution in [1.29, 1.82) is 0 Å². The van der Waals surface area contributed by atoms with Gasteiger partial charge in [-0.3, -0.25) is 9.52 Å². The number of imidazole rings is 1. The van der Waals surface area contributed by atoms with Crippen LogP contribution in [-0.2, 0) is 21.9 Å². The molecular formula is C15H18N4O4S. The van der Waals surface area contributed by atoms with Gasteiger partial charge < -0.3 is 14.2 Å². The fraction of sp³-hybridized carbons (Fsp3) is 0.333. The van der Waals surface area contributed by atoms with E-state index in [9.17, 15) is 13.2 Å². The van der Waals surface area contributed by atoms with Crippen LogP contribution in [-0.4, -0.2) is 37.5 Å². The fourth-order valence-electron chi connectivity index (χ4n) is 2.60. The zero-order chi connectivity index (χ0) is 17.3. The number of amides is 1. The number of methoxy groups -OCH3 is 1. The molecule has 1 amide bonds. The molecule has 3 rings (SSSR count). The second kappa shape index (κ2) is 6.16. The molecule has 1 saturated heterocycles. The van der Waals surface area contributed by atoms with Crippen molar-refractivity contribution in [3.05, 3.63) is 30.7 Å². The standard InChI is InChI=1S/C15H18N4O4S/c1-18-9-14(16-10-18)24(21,22)17-11-5-6-12(13(8-11)23-2)19-7-3-4-15(19)20/h5-6,8-10,17H,3-4,7H2,1-2H3. The maximum Gasteiger partial charge on any atom is 0.280 e. The number of carbonyl (C=O) groups excluding carboxylic acids is 1. The maximum atomic E-state index is 12.3. The molecule has 9 heteroatoms. The van der Waals surface area contributed by atoms with Crippen molar-refractivity contribution in [1.82, 2.24) is 9.55 Å². The van der Waals surface area contributed by atoms with E-state index >= 15 is 0 Å². The molecule has 1 aromatic heterocycles. The number of rotatable bonds is 5. The van der Waals surface area contributed by atoms with Gasteiger partial charge >= 0.3 is 0 Å². The zero-order valence-electron chi connectivity index (χ0n) is 13.4. The molecule has 1 aromatic carbocycles. The van der Waals surface area contributed by atoms with Crippen molar-refractivity contribution in [3.63, 3.8) is 0 Å². The van der Waals surface area contributed by atoms with Crippen LogP contribution < -0.4 is 14.4 Å². The Labute approximate surface area is 140 Å². The van der Waals surface area contributed by atoms with Crippen molar-refractivity contribution >= 4 is 27.3 Å². The van der Waals surface area contributed by atoms with Gasteiger partial charge in [-0.15, -0.1) is 0 Å². The van der Waals surface area contributed by atoms with Crippen LogP contribution in [0.15, 0.2) is 35.7 Å². The molecule has 0 saturated carbocycles. The molecule has 24 heavy (non-hydrogen) atoms.